The topological polar surface area (TPSA) is 156 Å². The first-order chi connectivity index (χ1) is 16.0. The Bertz CT molecular complexity index is 1390. The van der Waals surface area contributed by atoms with Gasteiger partial charge >= 0.3 is 0 Å². The molecule has 0 saturated heterocycles. The Morgan fingerprint density at radius 3 is 2.21 bits per heavy atom. The van der Waals surface area contributed by atoms with Crippen LogP contribution in [0, 0.1) is 5.82 Å². The summed E-state index contributed by atoms with van der Waals surface area (Å²) in [6.07, 6.45) is 13.2. The molecule has 10 nitrogen and oxygen atoms in total. The van der Waals surface area contributed by atoms with Crippen LogP contribution in [-0.2, 0) is 20.0 Å². The number of allylic oxidation sites excluding steroid dienone is 8. The van der Waals surface area contributed by atoms with Crippen LogP contribution in [-0.4, -0.2) is 32.8 Å². The number of aromatic nitrogens is 2. The van der Waals surface area contributed by atoms with Crippen molar-refractivity contribution in [2.24, 2.45) is 5.14 Å². The number of sulfonamides is 2. The third-order valence-electron chi connectivity index (χ3n) is 4.83. The molecule has 0 aliphatic heterocycles. The first-order valence-corrected chi connectivity index (χ1v) is 13.5. The second-order valence-electron chi connectivity index (χ2n) is 8.01. The summed E-state index contributed by atoms with van der Waals surface area (Å²) in [6.45, 7) is 0. The van der Waals surface area contributed by atoms with Crippen LogP contribution in [0.2, 0.25) is 0 Å². The lowest BCUT2D eigenvalue weighted by Gasteiger charge is -2.16. The van der Waals surface area contributed by atoms with E-state index < -0.39 is 25.9 Å². The zero-order chi connectivity index (χ0) is 24.3. The molecule has 1 aromatic rings. The predicted molar refractivity (Wildman–Crippen MR) is 127 cm³/mol. The molecular formula is C21H23FN6O4S2. The third kappa shape index (κ3) is 7.18. The highest BCUT2D eigenvalue weighted by Crippen LogP contribution is 2.25. The van der Waals surface area contributed by atoms with E-state index in [0.717, 1.165) is 24.4 Å². The monoisotopic (exact) mass is 506 g/mol. The van der Waals surface area contributed by atoms with Gasteiger partial charge in [-0.2, -0.15) is 4.98 Å². The fraction of sp³-hybridized carbons (Fsp3) is 0.238. The highest BCUT2D eigenvalue weighted by Gasteiger charge is 2.26. The molecule has 0 bridgehead atoms. The number of anilines is 2. The Hall–Kier alpha value is -3.13. The molecule has 180 valence electrons. The minimum Gasteiger partial charge on any atom is -0.341 e. The highest BCUT2D eigenvalue weighted by molar-refractivity contribution is 7.92. The van der Waals surface area contributed by atoms with Crippen LogP contribution in [0.15, 0.2) is 76.0 Å². The van der Waals surface area contributed by atoms with Crippen molar-refractivity contribution in [1.29, 1.82) is 0 Å². The maximum Gasteiger partial charge on any atom is 0.234 e. The Morgan fingerprint density at radius 2 is 1.59 bits per heavy atom. The second-order valence-corrected chi connectivity index (χ2v) is 11.0. The second kappa shape index (κ2) is 9.62. The van der Waals surface area contributed by atoms with Crippen molar-refractivity contribution in [3.05, 3.63) is 81.8 Å². The quantitative estimate of drug-likeness (QED) is 0.418. The molecule has 0 unspecified atom stereocenters. The summed E-state index contributed by atoms with van der Waals surface area (Å²) in [5, 5.41) is 13.0. The van der Waals surface area contributed by atoms with Crippen molar-refractivity contribution in [3.63, 3.8) is 0 Å². The van der Waals surface area contributed by atoms with Gasteiger partial charge in [0.2, 0.25) is 26.0 Å². The zero-order valence-corrected chi connectivity index (χ0v) is 19.5. The van der Waals surface area contributed by atoms with Crippen LogP contribution in [0.3, 0.4) is 0 Å². The number of nitrogens with zero attached hydrogens (tertiary/aromatic N) is 2. The van der Waals surface area contributed by atoms with Crippen molar-refractivity contribution < 1.29 is 21.2 Å². The first-order valence-electron chi connectivity index (χ1n) is 10.3. The lowest BCUT2D eigenvalue weighted by Crippen LogP contribution is -2.23. The van der Waals surface area contributed by atoms with E-state index in [-0.39, 0.29) is 30.6 Å². The number of rotatable bonds is 8. The molecule has 1 fully saturated rings. The van der Waals surface area contributed by atoms with Gasteiger partial charge in [-0.25, -0.2) is 36.1 Å². The molecule has 0 radical (unpaired) electrons. The van der Waals surface area contributed by atoms with E-state index in [1.54, 1.807) is 36.5 Å². The van der Waals surface area contributed by atoms with E-state index in [1.807, 2.05) is 0 Å². The molecule has 1 saturated carbocycles. The average molecular weight is 507 g/mol. The lowest BCUT2D eigenvalue weighted by atomic mass is 10.1. The van der Waals surface area contributed by atoms with E-state index in [4.69, 9.17) is 5.14 Å². The maximum absolute atomic E-state index is 14.4. The normalized spacial score (nSPS) is 20.9. The molecular weight excluding hydrogens is 483 g/mol. The Balaban J connectivity index is 1.44. The predicted octanol–water partition coefficient (Wildman–Crippen LogP) is 2.27. The summed E-state index contributed by atoms with van der Waals surface area (Å²) in [4.78, 5) is 8.08. The summed E-state index contributed by atoms with van der Waals surface area (Å²) < 4.78 is 63.9. The highest BCUT2D eigenvalue weighted by atomic mass is 32.2. The van der Waals surface area contributed by atoms with Crippen LogP contribution in [0.1, 0.15) is 25.7 Å². The van der Waals surface area contributed by atoms with Gasteiger partial charge in [0.15, 0.2) is 11.6 Å². The van der Waals surface area contributed by atoms with Crippen LogP contribution < -0.4 is 20.5 Å². The van der Waals surface area contributed by atoms with Gasteiger partial charge in [-0.1, -0.05) is 24.3 Å². The van der Waals surface area contributed by atoms with Crippen molar-refractivity contribution in [3.8, 4) is 0 Å². The Kier molecular flexibility index (Phi) is 6.79. The van der Waals surface area contributed by atoms with E-state index in [9.17, 15) is 21.2 Å². The molecule has 3 aliphatic carbocycles. The van der Waals surface area contributed by atoms with Crippen LogP contribution in [0.4, 0.5) is 16.2 Å². The fourth-order valence-electron chi connectivity index (χ4n) is 3.27. The van der Waals surface area contributed by atoms with Gasteiger partial charge in [0, 0.05) is 41.1 Å². The van der Waals surface area contributed by atoms with Gasteiger partial charge in [-0.3, -0.25) is 0 Å². The molecule has 34 heavy (non-hydrogen) atoms. The third-order valence-corrected chi connectivity index (χ3v) is 6.74. The van der Waals surface area contributed by atoms with Crippen molar-refractivity contribution in [2.45, 2.75) is 31.7 Å². The van der Waals surface area contributed by atoms with Gasteiger partial charge in [-0.05, 0) is 36.1 Å². The smallest absolute Gasteiger partial charge is 0.234 e. The van der Waals surface area contributed by atoms with Crippen LogP contribution in [0.5, 0.6) is 0 Å². The molecule has 4 rings (SSSR count). The molecule has 5 N–H and O–H groups in total. The molecule has 0 amide bonds. The van der Waals surface area contributed by atoms with E-state index in [0.29, 0.717) is 22.5 Å². The standard InChI is InChI=1S/C21H23FN6O4S2/c22-19-11-24-21(26-18-6-1-3-14(9-18)12-33(23,29)30)27-20(19)25-17-5-2-4-15(10-17)13-34(31,32)28-16-7-8-16/h1-6,11-13,16,28H,7-10H2,(H2,23,29,30)(H2,24,25,26,27)/b14-12+,15-13+. The maximum atomic E-state index is 14.4. The van der Waals surface area contributed by atoms with Gasteiger partial charge < -0.3 is 10.6 Å². The van der Waals surface area contributed by atoms with E-state index >= 15 is 0 Å². The lowest BCUT2D eigenvalue weighted by molar-refractivity contribution is 0.590. The number of halogens is 1. The molecule has 1 heterocycles. The summed E-state index contributed by atoms with van der Waals surface area (Å²) in [5.41, 5.74) is 2.15. The SMILES string of the molecule is NS(=O)(=O)/C=C1\C=CC=C(Nc2ncc(F)c(NC3=CC=C/C(=C\S(=O)(=O)NC4CC4)C3)n2)C1. The van der Waals surface area contributed by atoms with Crippen molar-refractivity contribution in [2.75, 3.05) is 10.6 Å². The molecule has 0 aromatic carbocycles. The molecule has 1 aromatic heterocycles. The van der Waals surface area contributed by atoms with Gasteiger partial charge in [0.1, 0.15) is 0 Å². The largest absolute Gasteiger partial charge is 0.341 e. The molecule has 13 heteroatoms. The Labute approximate surface area is 197 Å². The number of primary sulfonamides is 1. The summed E-state index contributed by atoms with van der Waals surface area (Å²) in [6, 6.07) is 0.00430. The summed E-state index contributed by atoms with van der Waals surface area (Å²) in [5.74, 6) is -0.689. The summed E-state index contributed by atoms with van der Waals surface area (Å²) >= 11 is 0. The summed E-state index contributed by atoms with van der Waals surface area (Å²) in [7, 11) is -7.34. The zero-order valence-electron chi connectivity index (χ0n) is 17.9. The number of nitrogens with one attached hydrogen (secondary N) is 3. The van der Waals surface area contributed by atoms with Gasteiger partial charge in [0.05, 0.1) is 6.20 Å². The number of hydrogen-bond donors (Lipinski definition) is 4. The van der Waals surface area contributed by atoms with E-state index in [2.05, 4.69) is 25.3 Å². The minimum absolute atomic E-state index is 0.00430. The molecule has 0 spiro atoms. The van der Waals surface area contributed by atoms with Crippen molar-refractivity contribution in [1.82, 2.24) is 14.7 Å². The number of nitrogens with two attached hydrogens (primary N) is 1. The molecule has 3 aliphatic rings. The minimum atomic E-state index is -3.78. The molecule has 0 atom stereocenters. The van der Waals surface area contributed by atoms with E-state index in [1.165, 1.54) is 5.41 Å². The fourth-order valence-corrected chi connectivity index (χ4v) is 5.19. The van der Waals surface area contributed by atoms with Crippen molar-refractivity contribution >= 4 is 31.8 Å². The van der Waals surface area contributed by atoms with Gasteiger partial charge in [-0.15, -0.1) is 0 Å². The van der Waals surface area contributed by atoms with Crippen LogP contribution in [0.25, 0.3) is 0 Å². The van der Waals surface area contributed by atoms with Crippen LogP contribution >= 0.6 is 0 Å². The average Bonchev–Trinajstić information content (AvgIpc) is 3.52. The number of hydrogen-bond acceptors (Lipinski definition) is 8. The van der Waals surface area contributed by atoms with Gasteiger partial charge in [0.25, 0.3) is 0 Å². The Morgan fingerprint density at radius 1 is 0.971 bits per heavy atom. The first kappa shape index (κ1) is 24.0.